The van der Waals surface area contributed by atoms with Crippen molar-refractivity contribution in [2.75, 3.05) is 18.5 Å². The number of fused-ring (bicyclic) bond motifs is 1. The third-order valence-electron chi connectivity index (χ3n) is 5.22. The van der Waals surface area contributed by atoms with Crippen molar-refractivity contribution in [2.45, 2.75) is 25.7 Å². The molecule has 1 fully saturated rings. The average molecular weight is 455 g/mol. The summed E-state index contributed by atoms with van der Waals surface area (Å²) in [6.45, 7) is -0.0681. The Kier molecular flexibility index (Phi) is 6.87. The molecule has 4 rings (SSSR count). The number of Topliss-reactive ketones (excluding diaryl/α,β-unsaturated/α-hetero) is 1. The highest BCUT2D eigenvalue weighted by molar-refractivity contribution is 6.31. The van der Waals surface area contributed by atoms with Gasteiger partial charge in [-0.15, -0.1) is 0 Å². The van der Waals surface area contributed by atoms with Crippen LogP contribution in [0.2, 0.25) is 5.02 Å². The number of carbonyl (C=O) groups is 2. The quantitative estimate of drug-likeness (QED) is 0.413. The molecule has 1 heterocycles. The zero-order chi connectivity index (χ0) is 22.5. The summed E-state index contributed by atoms with van der Waals surface area (Å²) in [6, 6.07) is 10.4. The number of amides is 1. The van der Waals surface area contributed by atoms with Crippen LogP contribution in [-0.4, -0.2) is 35.5 Å². The zero-order valence-electron chi connectivity index (χ0n) is 17.3. The van der Waals surface area contributed by atoms with E-state index < -0.39 is 0 Å². The molecule has 1 aliphatic rings. The Hall–Kier alpha value is -3.16. The van der Waals surface area contributed by atoms with Crippen LogP contribution in [0.1, 0.15) is 24.8 Å². The molecule has 166 valence electrons. The molecule has 1 amide bonds. The topological polar surface area (TPSA) is 97.8 Å². The smallest absolute Gasteiger partial charge is 0.211 e. The van der Waals surface area contributed by atoms with Crippen LogP contribution in [0.15, 0.2) is 42.6 Å². The van der Waals surface area contributed by atoms with Crippen molar-refractivity contribution < 1.29 is 24.2 Å². The van der Waals surface area contributed by atoms with Gasteiger partial charge in [-0.25, -0.2) is 0 Å². The fraction of sp³-hybridized carbons (Fsp3) is 0.292. The molecule has 0 saturated heterocycles. The number of hydrogen-bond acceptors (Lipinski definition) is 6. The largest absolute Gasteiger partial charge is 0.489 e. The Bertz CT molecular complexity index is 1150. The van der Waals surface area contributed by atoms with Crippen LogP contribution < -0.4 is 14.8 Å². The number of ether oxygens (including phenoxy) is 2. The number of benzene rings is 2. The minimum Gasteiger partial charge on any atom is -0.489 e. The van der Waals surface area contributed by atoms with Gasteiger partial charge in [-0.1, -0.05) is 17.7 Å². The number of aliphatic hydroxyl groups excluding tert-OH is 1. The standard InChI is InChI=1S/C24H23ClN2O5/c25-20-11-18(4-3-16(20)10-17(30)9-15-1-2-15)32-23-5-6-26-21-13-24(31-8-7-28)22(27-14-29)12-19(21)23/h3-6,11-15,28H,1-2,7-10H2,(H,27,29). The number of pyridine rings is 1. The monoisotopic (exact) mass is 454 g/mol. The highest BCUT2D eigenvalue weighted by atomic mass is 35.5. The summed E-state index contributed by atoms with van der Waals surface area (Å²) in [5.74, 6) is 2.19. The van der Waals surface area contributed by atoms with Gasteiger partial charge in [-0.05, 0) is 48.6 Å². The fourth-order valence-corrected chi connectivity index (χ4v) is 3.72. The van der Waals surface area contributed by atoms with Gasteiger partial charge in [-0.3, -0.25) is 14.6 Å². The third kappa shape index (κ3) is 5.36. The van der Waals surface area contributed by atoms with E-state index in [-0.39, 0.29) is 19.0 Å². The molecule has 2 aromatic carbocycles. The number of nitrogens with zero attached hydrogens (tertiary/aromatic N) is 1. The van der Waals surface area contributed by atoms with Gasteiger partial charge in [0.2, 0.25) is 6.41 Å². The number of nitrogens with one attached hydrogen (secondary N) is 1. The molecule has 0 unspecified atom stereocenters. The van der Waals surface area contributed by atoms with Crippen molar-refractivity contribution in [2.24, 2.45) is 5.92 Å². The van der Waals surface area contributed by atoms with Gasteiger partial charge in [0.05, 0.1) is 17.8 Å². The van der Waals surface area contributed by atoms with Gasteiger partial charge in [0.25, 0.3) is 0 Å². The Morgan fingerprint density at radius 2 is 2.06 bits per heavy atom. The van der Waals surface area contributed by atoms with E-state index in [1.165, 1.54) is 0 Å². The zero-order valence-corrected chi connectivity index (χ0v) is 18.1. The van der Waals surface area contributed by atoms with Crippen LogP contribution >= 0.6 is 11.6 Å². The lowest BCUT2D eigenvalue weighted by Crippen LogP contribution is -2.05. The number of rotatable bonds is 11. The molecule has 8 heteroatoms. The number of ketones is 1. The van der Waals surface area contributed by atoms with Crippen LogP contribution in [0.25, 0.3) is 10.9 Å². The minimum absolute atomic E-state index is 0.0865. The molecule has 32 heavy (non-hydrogen) atoms. The lowest BCUT2D eigenvalue weighted by atomic mass is 10.0. The average Bonchev–Trinajstić information content (AvgIpc) is 3.58. The molecular formula is C24H23ClN2O5. The lowest BCUT2D eigenvalue weighted by Gasteiger charge is -2.14. The van der Waals surface area contributed by atoms with E-state index in [2.05, 4.69) is 10.3 Å². The molecule has 0 aliphatic heterocycles. The molecule has 7 nitrogen and oxygen atoms in total. The highest BCUT2D eigenvalue weighted by Crippen LogP contribution is 2.37. The summed E-state index contributed by atoms with van der Waals surface area (Å²) in [4.78, 5) is 27.5. The predicted octanol–water partition coefficient (Wildman–Crippen LogP) is 4.53. The second-order valence-corrected chi connectivity index (χ2v) is 8.13. The van der Waals surface area contributed by atoms with Crippen molar-refractivity contribution in [3.8, 4) is 17.2 Å². The normalized spacial score (nSPS) is 13.1. The molecule has 1 aromatic heterocycles. The van der Waals surface area contributed by atoms with E-state index in [0.29, 0.717) is 64.0 Å². The number of anilines is 1. The summed E-state index contributed by atoms with van der Waals surface area (Å²) in [5.41, 5.74) is 1.81. The van der Waals surface area contributed by atoms with E-state index >= 15 is 0 Å². The summed E-state index contributed by atoms with van der Waals surface area (Å²) in [5, 5.41) is 12.8. The van der Waals surface area contributed by atoms with E-state index in [4.69, 9.17) is 26.2 Å². The van der Waals surface area contributed by atoms with Gasteiger partial charge in [0, 0.05) is 35.5 Å². The molecule has 0 atom stereocenters. The first-order valence-electron chi connectivity index (χ1n) is 10.4. The molecule has 0 spiro atoms. The number of carbonyl (C=O) groups excluding carboxylic acids is 2. The van der Waals surface area contributed by atoms with Crippen LogP contribution in [0.5, 0.6) is 17.2 Å². The Labute approximate surface area is 190 Å². The first kappa shape index (κ1) is 22.0. The van der Waals surface area contributed by atoms with E-state index in [0.717, 1.165) is 18.4 Å². The number of halogens is 1. The van der Waals surface area contributed by atoms with E-state index in [9.17, 15) is 9.59 Å². The summed E-state index contributed by atoms with van der Waals surface area (Å²) < 4.78 is 11.6. The van der Waals surface area contributed by atoms with Crippen LogP contribution in [0, 0.1) is 5.92 Å². The van der Waals surface area contributed by atoms with E-state index in [1.54, 1.807) is 36.5 Å². The van der Waals surface area contributed by atoms with Crippen LogP contribution in [-0.2, 0) is 16.0 Å². The minimum atomic E-state index is -0.155. The molecule has 0 bridgehead atoms. The molecule has 1 aliphatic carbocycles. The highest BCUT2D eigenvalue weighted by Gasteiger charge is 2.24. The van der Waals surface area contributed by atoms with Crippen molar-refractivity contribution in [1.82, 2.24) is 4.98 Å². The van der Waals surface area contributed by atoms with Gasteiger partial charge < -0.3 is 19.9 Å². The number of hydrogen-bond donors (Lipinski definition) is 2. The SMILES string of the molecule is O=CNc1cc2c(Oc3ccc(CC(=O)CC4CC4)c(Cl)c3)ccnc2cc1OCCO. The maximum absolute atomic E-state index is 12.2. The maximum Gasteiger partial charge on any atom is 0.211 e. The lowest BCUT2D eigenvalue weighted by molar-refractivity contribution is -0.118. The Morgan fingerprint density at radius 3 is 2.78 bits per heavy atom. The van der Waals surface area contributed by atoms with Crippen molar-refractivity contribution in [1.29, 1.82) is 0 Å². The van der Waals surface area contributed by atoms with Crippen molar-refractivity contribution in [3.63, 3.8) is 0 Å². The van der Waals surface area contributed by atoms with Crippen LogP contribution in [0.3, 0.4) is 0 Å². The second-order valence-electron chi connectivity index (χ2n) is 7.73. The van der Waals surface area contributed by atoms with Gasteiger partial charge in [0.15, 0.2) is 0 Å². The number of aliphatic hydroxyl groups is 1. The predicted molar refractivity (Wildman–Crippen MR) is 122 cm³/mol. The first-order chi connectivity index (χ1) is 15.6. The van der Waals surface area contributed by atoms with Crippen molar-refractivity contribution in [3.05, 3.63) is 53.2 Å². The van der Waals surface area contributed by atoms with Crippen molar-refractivity contribution >= 4 is 40.4 Å². The Balaban J connectivity index is 1.57. The Morgan fingerprint density at radius 1 is 1.22 bits per heavy atom. The third-order valence-corrected chi connectivity index (χ3v) is 5.57. The fourth-order valence-electron chi connectivity index (χ4n) is 3.48. The second kappa shape index (κ2) is 9.97. The summed E-state index contributed by atoms with van der Waals surface area (Å²) in [6.07, 6.45) is 5.39. The molecule has 3 aromatic rings. The molecular weight excluding hydrogens is 432 g/mol. The van der Waals surface area contributed by atoms with Crippen LogP contribution in [0.4, 0.5) is 5.69 Å². The molecule has 1 saturated carbocycles. The first-order valence-corrected chi connectivity index (χ1v) is 10.8. The summed E-state index contributed by atoms with van der Waals surface area (Å²) in [7, 11) is 0. The molecule has 0 radical (unpaired) electrons. The van der Waals surface area contributed by atoms with E-state index in [1.807, 2.05) is 6.07 Å². The number of aromatic nitrogens is 1. The molecule has 2 N–H and O–H groups in total. The van der Waals surface area contributed by atoms with Gasteiger partial charge in [0.1, 0.15) is 29.6 Å². The summed E-state index contributed by atoms with van der Waals surface area (Å²) >= 11 is 6.42. The van der Waals surface area contributed by atoms with Gasteiger partial charge >= 0.3 is 0 Å². The maximum atomic E-state index is 12.2. The van der Waals surface area contributed by atoms with Gasteiger partial charge in [-0.2, -0.15) is 0 Å².